The van der Waals surface area contributed by atoms with E-state index in [4.69, 9.17) is 4.74 Å². The smallest absolute Gasteiger partial charge is 0.152 e. The van der Waals surface area contributed by atoms with Crippen molar-refractivity contribution in [3.05, 3.63) is 30.0 Å². The molecule has 0 aliphatic heterocycles. The van der Waals surface area contributed by atoms with Crippen molar-refractivity contribution in [1.82, 2.24) is 10.3 Å². The molecule has 2 N–H and O–H groups in total. The highest BCUT2D eigenvalue weighted by Crippen LogP contribution is 2.29. The van der Waals surface area contributed by atoms with Gasteiger partial charge in [-0.3, -0.25) is 4.79 Å². The summed E-state index contributed by atoms with van der Waals surface area (Å²) in [6, 6.07) is 6.03. The fourth-order valence-corrected chi connectivity index (χ4v) is 2.82. The Labute approximate surface area is 132 Å². The quantitative estimate of drug-likeness (QED) is 0.825. The number of hydrogen-bond acceptors (Lipinski definition) is 3. The van der Waals surface area contributed by atoms with Crippen molar-refractivity contribution in [3.63, 3.8) is 0 Å². The van der Waals surface area contributed by atoms with E-state index in [1.165, 1.54) is 0 Å². The summed E-state index contributed by atoms with van der Waals surface area (Å²) >= 11 is 0. The Morgan fingerprint density at radius 2 is 2.00 bits per heavy atom. The number of methoxy groups -OCH3 is 1. The van der Waals surface area contributed by atoms with Crippen molar-refractivity contribution in [2.75, 3.05) is 7.11 Å². The van der Waals surface area contributed by atoms with Crippen LogP contribution in [0.25, 0.3) is 10.9 Å². The minimum atomic E-state index is -0.177. The van der Waals surface area contributed by atoms with E-state index in [9.17, 15) is 4.79 Å². The molecule has 0 unspecified atom stereocenters. The second-order valence-electron chi connectivity index (χ2n) is 6.33. The third-order valence-electron chi connectivity index (χ3n) is 3.84. The molecule has 0 aliphatic carbocycles. The van der Waals surface area contributed by atoms with E-state index in [2.05, 4.69) is 24.1 Å². The zero-order valence-electron chi connectivity index (χ0n) is 14.1. The highest BCUT2D eigenvalue weighted by molar-refractivity contribution is 5.91. The van der Waals surface area contributed by atoms with Gasteiger partial charge in [-0.05, 0) is 24.1 Å². The van der Waals surface area contributed by atoms with Crippen molar-refractivity contribution in [2.24, 2.45) is 5.92 Å². The molecule has 22 heavy (non-hydrogen) atoms. The first kappa shape index (κ1) is 16.6. The molecule has 2 rings (SSSR count). The Hall–Kier alpha value is -1.81. The van der Waals surface area contributed by atoms with Crippen molar-refractivity contribution in [2.45, 2.75) is 46.2 Å². The normalized spacial score (nSPS) is 13.0. The molecule has 0 saturated heterocycles. The first-order chi connectivity index (χ1) is 10.4. The van der Waals surface area contributed by atoms with Crippen LogP contribution >= 0.6 is 0 Å². The maximum absolute atomic E-state index is 12.5. The fourth-order valence-electron chi connectivity index (χ4n) is 2.82. The highest BCUT2D eigenvalue weighted by atomic mass is 16.5. The molecular formula is C18H26N2O2. The summed E-state index contributed by atoms with van der Waals surface area (Å²) in [6.45, 7) is 8.03. The predicted octanol–water partition coefficient (Wildman–Crippen LogP) is 3.31. The van der Waals surface area contributed by atoms with Crippen molar-refractivity contribution >= 4 is 16.7 Å². The van der Waals surface area contributed by atoms with Crippen LogP contribution in [0.4, 0.5) is 0 Å². The molecule has 0 radical (unpaired) electrons. The summed E-state index contributed by atoms with van der Waals surface area (Å²) in [4.78, 5) is 15.8. The van der Waals surface area contributed by atoms with Gasteiger partial charge in [0.15, 0.2) is 5.78 Å². The van der Waals surface area contributed by atoms with Crippen molar-refractivity contribution in [1.29, 1.82) is 0 Å². The monoisotopic (exact) mass is 302 g/mol. The number of carbonyl (C=O) groups is 1. The number of benzene rings is 1. The van der Waals surface area contributed by atoms with Crippen LogP contribution in [0.15, 0.2) is 24.4 Å². The summed E-state index contributed by atoms with van der Waals surface area (Å²) in [6.07, 6.45) is 2.64. The Balaban J connectivity index is 2.35. The molecule has 1 aromatic heterocycles. The number of aromatic nitrogens is 1. The number of Topliss-reactive ketones (excluding diaryl/α,β-unsaturated/α-hetero) is 1. The number of carbonyl (C=O) groups excluding carboxylic acids is 1. The van der Waals surface area contributed by atoms with Crippen LogP contribution < -0.4 is 10.1 Å². The van der Waals surface area contributed by atoms with E-state index in [0.29, 0.717) is 6.42 Å². The maximum Gasteiger partial charge on any atom is 0.152 e. The van der Waals surface area contributed by atoms with Gasteiger partial charge in [0.05, 0.1) is 13.2 Å². The molecule has 1 heterocycles. The highest BCUT2D eigenvalue weighted by Gasteiger charge is 2.23. The van der Waals surface area contributed by atoms with E-state index in [1.807, 2.05) is 38.2 Å². The van der Waals surface area contributed by atoms with Gasteiger partial charge in [0.1, 0.15) is 5.75 Å². The van der Waals surface area contributed by atoms with Gasteiger partial charge in [-0.1, -0.05) is 33.8 Å². The van der Waals surface area contributed by atoms with E-state index >= 15 is 0 Å². The molecule has 120 valence electrons. The summed E-state index contributed by atoms with van der Waals surface area (Å²) < 4.78 is 5.47. The molecule has 0 saturated carbocycles. The summed E-state index contributed by atoms with van der Waals surface area (Å²) in [5.41, 5.74) is 2.15. The van der Waals surface area contributed by atoms with Crippen molar-refractivity contribution < 1.29 is 9.53 Å². The second kappa shape index (κ2) is 6.97. The van der Waals surface area contributed by atoms with E-state index in [1.54, 1.807) is 7.11 Å². The Bertz CT molecular complexity index is 644. The number of H-pyrrole nitrogens is 1. The van der Waals surface area contributed by atoms with Gasteiger partial charge in [-0.2, -0.15) is 0 Å². The molecule has 4 heteroatoms. The topological polar surface area (TPSA) is 54.1 Å². The zero-order valence-corrected chi connectivity index (χ0v) is 14.1. The zero-order chi connectivity index (χ0) is 16.3. The number of aromatic amines is 1. The average Bonchev–Trinajstić information content (AvgIpc) is 2.88. The van der Waals surface area contributed by atoms with E-state index in [-0.39, 0.29) is 23.8 Å². The van der Waals surface area contributed by atoms with Crippen LogP contribution in [0.5, 0.6) is 5.75 Å². The van der Waals surface area contributed by atoms with Gasteiger partial charge in [0.2, 0.25) is 0 Å². The van der Waals surface area contributed by atoms with Crippen LogP contribution in [-0.4, -0.2) is 30.0 Å². The van der Waals surface area contributed by atoms with Gasteiger partial charge < -0.3 is 15.0 Å². The molecule has 2 aromatic rings. The first-order valence-corrected chi connectivity index (χ1v) is 7.86. The molecule has 0 spiro atoms. The van der Waals surface area contributed by atoms with E-state index in [0.717, 1.165) is 22.2 Å². The van der Waals surface area contributed by atoms with Crippen LogP contribution in [0.2, 0.25) is 0 Å². The number of ketones is 1. The van der Waals surface area contributed by atoms with Crippen LogP contribution in [0, 0.1) is 5.92 Å². The lowest BCUT2D eigenvalue weighted by atomic mass is 9.95. The minimum absolute atomic E-state index is 0.0170. The van der Waals surface area contributed by atoms with Crippen LogP contribution in [-0.2, 0) is 11.2 Å². The maximum atomic E-state index is 12.5. The number of nitrogens with one attached hydrogen (secondary N) is 2. The van der Waals surface area contributed by atoms with Gasteiger partial charge in [0, 0.05) is 29.1 Å². The predicted molar refractivity (Wildman–Crippen MR) is 90.5 cm³/mol. The van der Waals surface area contributed by atoms with Crippen LogP contribution in [0.1, 0.15) is 33.3 Å². The van der Waals surface area contributed by atoms with Gasteiger partial charge in [0.25, 0.3) is 0 Å². The average molecular weight is 302 g/mol. The lowest BCUT2D eigenvalue weighted by Gasteiger charge is -2.22. The summed E-state index contributed by atoms with van der Waals surface area (Å²) in [7, 11) is 1.68. The standard InChI is InChI=1S/C18H26N2O2/c1-11(2)18(21)15(20-12(3)4)9-13-10-19-14-7-6-8-16(22-5)17(13)14/h6-8,10-12,15,19-20H,9H2,1-5H3/t15-/m0/s1. The lowest BCUT2D eigenvalue weighted by Crippen LogP contribution is -2.44. The van der Waals surface area contributed by atoms with Crippen molar-refractivity contribution in [3.8, 4) is 5.75 Å². The molecule has 0 fully saturated rings. The molecular weight excluding hydrogens is 276 g/mol. The molecule has 0 amide bonds. The lowest BCUT2D eigenvalue weighted by molar-refractivity contribution is -0.124. The van der Waals surface area contributed by atoms with Gasteiger partial charge in [-0.25, -0.2) is 0 Å². The number of ether oxygens (including phenoxy) is 1. The van der Waals surface area contributed by atoms with E-state index < -0.39 is 0 Å². The number of hydrogen-bond donors (Lipinski definition) is 2. The molecule has 4 nitrogen and oxygen atoms in total. The first-order valence-electron chi connectivity index (χ1n) is 7.86. The molecule has 1 aromatic carbocycles. The number of fused-ring (bicyclic) bond motifs is 1. The SMILES string of the molecule is COc1cccc2[nH]cc(C[C@H](NC(C)C)C(=O)C(C)C)c12. The summed E-state index contributed by atoms with van der Waals surface area (Å²) in [5.74, 6) is 1.11. The molecule has 0 bridgehead atoms. The third-order valence-corrected chi connectivity index (χ3v) is 3.84. The number of rotatable bonds is 7. The Morgan fingerprint density at radius 1 is 1.27 bits per heavy atom. The Morgan fingerprint density at radius 3 is 2.59 bits per heavy atom. The van der Waals surface area contributed by atoms with Crippen LogP contribution in [0.3, 0.4) is 0 Å². The van der Waals surface area contributed by atoms with Gasteiger partial charge in [-0.15, -0.1) is 0 Å². The fraction of sp³-hybridized carbons (Fsp3) is 0.500. The molecule has 1 atom stereocenters. The second-order valence-corrected chi connectivity index (χ2v) is 6.33. The Kier molecular flexibility index (Phi) is 5.24. The minimum Gasteiger partial charge on any atom is -0.496 e. The molecule has 0 aliphatic rings. The summed E-state index contributed by atoms with van der Waals surface area (Å²) in [5, 5.41) is 4.46. The largest absolute Gasteiger partial charge is 0.496 e. The van der Waals surface area contributed by atoms with Gasteiger partial charge >= 0.3 is 0 Å². The third kappa shape index (κ3) is 3.50.